The molecular formula is C23H32N4O4. The van der Waals surface area contributed by atoms with E-state index in [9.17, 15) is 9.59 Å². The van der Waals surface area contributed by atoms with E-state index in [0.29, 0.717) is 37.1 Å². The summed E-state index contributed by atoms with van der Waals surface area (Å²) in [6.45, 7) is 9.86. The molecule has 0 aromatic carbocycles. The van der Waals surface area contributed by atoms with Gasteiger partial charge in [0.1, 0.15) is 5.76 Å². The lowest BCUT2D eigenvalue weighted by Gasteiger charge is -2.53. The van der Waals surface area contributed by atoms with E-state index in [0.717, 1.165) is 24.2 Å². The molecule has 2 aromatic rings. The van der Waals surface area contributed by atoms with Crippen LogP contribution in [0.15, 0.2) is 22.6 Å². The largest absolute Gasteiger partial charge is 0.454 e. The van der Waals surface area contributed by atoms with Gasteiger partial charge in [-0.2, -0.15) is 5.10 Å². The first kappa shape index (κ1) is 21.6. The van der Waals surface area contributed by atoms with Crippen LogP contribution in [0.2, 0.25) is 0 Å². The predicted molar refractivity (Wildman–Crippen MR) is 115 cm³/mol. The van der Waals surface area contributed by atoms with E-state index in [1.807, 2.05) is 54.3 Å². The number of β-lactam (4-membered cyclic amide) rings is 1. The maximum Gasteiger partial charge on any atom is 0.289 e. The summed E-state index contributed by atoms with van der Waals surface area (Å²) >= 11 is 0. The number of hydrogen-bond acceptors (Lipinski definition) is 5. The van der Waals surface area contributed by atoms with E-state index in [4.69, 9.17) is 9.15 Å². The third-order valence-corrected chi connectivity index (χ3v) is 6.53. The number of likely N-dealkylation sites (tertiary alicyclic amines) is 2. The van der Waals surface area contributed by atoms with Crippen molar-refractivity contribution in [1.82, 2.24) is 19.6 Å². The normalized spacial score (nSPS) is 22.3. The van der Waals surface area contributed by atoms with Gasteiger partial charge in [0.15, 0.2) is 11.9 Å². The highest BCUT2D eigenvalue weighted by atomic mass is 16.5. The van der Waals surface area contributed by atoms with Crippen LogP contribution in [0.1, 0.15) is 54.4 Å². The third-order valence-electron chi connectivity index (χ3n) is 6.53. The van der Waals surface area contributed by atoms with Gasteiger partial charge in [-0.1, -0.05) is 0 Å². The molecule has 2 atom stereocenters. The number of nitrogens with zero attached hydrogens (tertiary/aromatic N) is 4. The van der Waals surface area contributed by atoms with Crippen molar-refractivity contribution in [3.63, 3.8) is 0 Å². The van der Waals surface area contributed by atoms with Gasteiger partial charge >= 0.3 is 0 Å². The lowest BCUT2D eigenvalue weighted by molar-refractivity contribution is -0.181. The minimum Gasteiger partial charge on any atom is -0.454 e. The number of piperidine rings is 1. The average Bonchev–Trinajstić information content (AvgIpc) is 3.32. The van der Waals surface area contributed by atoms with Crippen molar-refractivity contribution >= 4 is 11.8 Å². The first-order valence-electron chi connectivity index (χ1n) is 11.0. The van der Waals surface area contributed by atoms with Gasteiger partial charge in [0.05, 0.1) is 18.3 Å². The Hall–Kier alpha value is -2.61. The van der Waals surface area contributed by atoms with Gasteiger partial charge < -0.3 is 19.0 Å². The summed E-state index contributed by atoms with van der Waals surface area (Å²) in [5.74, 6) is 1.42. The van der Waals surface area contributed by atoms with Crippen LogP contribution < -0.4 is 0 Å². The third kappa shape index (κ3) is 4.01. The zero-order valence-corrected chi connectivity index (χ0v) is 19.0. The van der Waals surface area contributed by atoms with Crippen molar-refractivity contribution in [3.8, 4) is 0 Å². The number of rotatable bonds is 6. The number of hydrogen-bond donors (Lipinski definition) is 0. The van der Waals surface area contributed by atoms with E-state index in [2.05, 4.69) is 5.10 Å². The van der Waals surface area contributed by atoms with Gasteiger partial charge in [0.2, 0.25) is 0 Å². The molecule has 4 rings (SSSR count). The molecule has 0 aliphatic carbocycles. The van der Waals surface area contributed by atoms with Crippen LogP contribution in [0.5, 0.6) is 0 Å². The van der Waals surface area contributed by atoms with Gasteiger partial charge in [-0.05, 0) is 64.7 Å². The Morgan fingerprint density at radius 3 is 2.55 bits per heavy atom. The van der Waals surface area contributed by atoms with Crippen LogP contribution in [0, 0.1) is 19.8 Å². The second kappa shape index (κ2) is 8.49. The monoisotopic (exact) mass is 428 g/mol. The number of carbonyl (C=O) groups excluding carboxylic acids is 2. The number of furan rings is 1. The highest BCUT2D eigenvalue weighted by Crippen LogP contribution is 2.36. The molecule has 0 bridgehead atoms. The topological polar surface area (TPSA) is 80.8 Å². The highest BCUT2D eigenvalue weighted by Gasteiger charge is 2.52. The molecular weight excluding hydrogens is 396 g/mol. The molecule has 2 fully saturated rings. The molecule has 168 valence electrons. The maximum atomic E-state index is 13.0. The number of methoxy groups -OCH3 is 1. The first-order chi connectivity index (χ1) is 14.8. The molecule has 0 spiro atoms. The van der Waals surface area contributed by atoms with Gasteiger partial charge in [-0.3, -0.25) is 14.3 Å². The fourth-order valence-corrected chi connectivity index (χ4v) is 4.98. The molecule has 31 heavy (non-hydrogen) atoms. The van der Waals surface area contributed by atoms with Crippen LogP contribution in [0.4, 0.5) is 0 Å². The molecule has 8 nitrogen and oxygen atoms in total. The molecule has 2 aliphatic rings. The minimum atomic E-state index is -0.350. The number of ether oxygens (including phenoxy) is 1. The Morgan fingerprint density at radius 1 is 1.26 bits per heavy atom. The molecule has 0 radical (unpaired) electrons. The van der Waals surface area contributed by atoms with Crippen molar-refractivity contribution in [2.24, 2.45) is 5.92 Å². The first-order valence-corrected chi connectivity index (χ1v) is 11.0. The minimum absolute atomic E-state index is 0.0757. The van der Waals surface area contributed by atoms with Crippen LogP contribution >= 0.6 is 0 Å². The van der Waals surface area contributed by atoms with Crippen LogP contribution in [-0.2, 0) is 16.1 Å². The summed E-state index contributed by atoms with van der Waals surface area (Å²) in [5.41, 5.74) is 2.02. The Kier molecular flexibility index (Phi) is 5.92. The number of aryl methyl sites for hydroxylation is 2. The van der Waals surface area contributed by atoms with Crippen LogP contribution in [-0.4, -0.2) is 69.8 Å². The lowest BCUT2D eigenvalue weighted by Crippen LogP contribution is -2.70. The summed E-state index contributed by atoms with van der Waals surface area (Å²) in [6, 6.07) is 5.88. The number of carbonyl (C=O) groups is 2. The number of amides is 2. The van der Waals surface area contributed by atoms with Crippen molar-refractivity contribution < 1.29 is 18.7 Å². The van der Waals surface area contributed by atoms with Gasteiger partial charge in [-0.25, -0.2) is 0 Å². The molecule has 0 unspecified atom stereocenters. The fraction of sp³-hybridized carbons (Fsp3) is 0.609. The summed E-state index contributed by atoms with van der Waals surface area (Å²) in [4.78, 5) is 29.1. The second-order valence-corrected chi connectivity index (χ2v) is 8.97. The molecule has 2 aliphatic heterocycles. The van der Waals surface area contributed by atoms with Crippen LogP contribution in [0.3, 0.4) is 0 Å². The summed E-state index contributed by atoms with van der Waals surface area (Å²) in [6.07, 6.45) is 1.36. The number of aromatic nitrogens is 2. The highest BCUT2D eigenvalue weighted by molar-refractivity contribution is 5.91. The molecule has 0 saturated carbocycles. The fourth-order valence-electron chi connectivity index (χ4n) is 4.98. The standard InChI is InChI=1S/C23H32N4O4/c1-14(2)27-20(21(30-5)23(27)29)17-8-10-25(11-9-17)22(28)19-7-6-18(31-19)13-26-16(4)12-15(3)24-26/h6-7,12,14,17,20-21H,8-11,13H2,1-5H3/t20-,21+/m0/s1. The summed E-state index contributed by atoms with van der Waals surface area (Å²) < 4.78 is 13.2. The SMILES string of the molecule is CO[C@H]1C(=O)N(C(C)C)[C@H]1C1CCN(C(=O)c2ccc(Cn3nc(C)cc3C)o2)CC1. The van der Waals surface area contributed by atoms with Gasteiger partial charge in [0, 0.05) is 31.9 Å². The Labute approximate surface area is 183 Å². The molecule has 8 heteroatoms. The quantitative estimate of drug-likeness (QED) is 0.661. The summed E-state index contributed by atoms with van der Waals surface area (Å²) in [5, 5.41) is 4.45. The van der Waals surface area contributed by atoms with Gasteiger partial charge in [0.25, 0.3) is 11.8 Å². The Bertz CT molecular complexity index is 955. The second-order valence-electron chi connectivity index (χ2n) is 8.97. The van der Waals surface area contributed by atoms with Crippen molar-refractivity contribution in [2.45, 2.75) is 65.3 Å². The van der Waals surface area contributed by atoms with Gasteiger partial charge in [-0.15, -0.1) is 0 Å². The Morgan fingerprint density at radius 2 is 1.97 bits per heavy atom. The van der Waals surface area contributed by atoms with Crippen molar-refractivity contribution in [1.29, 1.82) is 0 Å². The molecule has 4 heterocycles. The maximum absolute atomic E-state index is 13.0. The van der Waals surface area contributed by atoms with Crippen LogP contribution in [0.25, 0.3) is 0 Å². The zero-order chi connectivity index (χ0) is 22.3. The predicted octanol–water partition coefficient (Wildman–Crippen LogP) is 2.63. The van der Waals surface area contributed by atoms with Crippen molar-refractivity contribution in [2.75, 3.05) is 20.2 Å². The molecule has 2 amide bonds. The van der Waals surface area contributed by atoms with E-state index in [1.165, 1.54) is 0 Å². The average molecular weight is 429 g/mol. The van der Waals surface area contributed by atoms with Crippen molar-refractivity contribution in [3.05, 3.63) is 41.1 Å². The molecule has 2 saturated heterocycles. The smallest absolute Gasteiger partial charge is 0.289 e. The zero-order valence-electron chi connectivity index (χ0n) is 19.0. The van der Waals surface area contributed by atoms with E-state index in [1.54, 1.807) is 13.2 Å². The molecule has 0 N–H and O–H groups in total. The molecule has 2 aromatic heterocycles. The van der Waals surface area contributed by atoms with E-state index >= 15 is 0 Å². The Balaban J connectivity index is 1.36. The van der Waals surface area contributed by atoms with E-state index < -0.39 is 0 Å². The van der Waals surface area contributed by atoms with E-state index in [-0.39, 0.29) is 30.0 Å². The lowest BCUT2D eigenvalue weighted by atomic mass is 9.79. The summed E-state index contributed by atoms with van der Waals surface area (Å²) in [7, 11) is 1.60.